The molecule has 0 radical (unpaired) electrons. The van der Waals surface area contributed by atoms with Crippen molar-refractivity contribution in [1.82, 2.24) is 4.90 Å². The van der Waals surface area contributed by atoms with E-state index >= 15 is 0 Å². The molecular formula is C25H26N2O. The number of nitrogens with one attached hydrogen (secondary N) is 1. The smallest absolute Gasteiger partial charge is 0.227 e. The molecule has 3 heteroatoms. The fraction of sp³-hybridized carbons (Fsp3) is 0.240. The Morgan fingerprint density at radius 2 is 1.43 bits per heavy atom. The maximum Gasteiger partial charge on any atom is 0.227 e. The van der Waals surface area contributed by atoms with Gasteiger partial charge in [-0.05, 0) is 43.1 Å². The lowest BCUT2D eigenvalue weighted by atomic mass is 9.95. The molecule has 0 unspecified atom stereocenters. The van der Waals surface area contributed by atoms with Crippen LogP contribution in [-0.2, 0) is 11.3 Å². The van der Waals surface area contributed by atoms with Crippen molar-refractivity contribution in [3.63, 3.8) is 0 Å². The molecule has 1 aliphatic rings. The molecule has 3 nitrogen and oxygen atoms in total. The van der Waals surface area contributed by atoms with Crippen LogP contribution in [0.4, 0.5) is 5.69 Å². The van der Waals surface area contributed by atoms with Crippen molar-refractivity contribution >= 4 is 11.6 Å². The molecule has 142 valence electrons. The Morgan fingerprint density at radius 3 is 2.14 bits per heavy atom. The number of hydrogen-bond acceptors (Lipinski definition) is 2. The molecule has 1 amide bonds. The summed E-state index contributed by atoms with van der Waals surface area (Å²) in [5, 5.41) is 3.19. The van der Waals surface area contributed by atoms with Gasteiger partial charge in [0.15, 0.2) is 0 Å². The number of nitrogens with zero attached hydrogens (tertiary/aromatic N) is 1. The highest BCUT2D eigenvalue weighted by atomic mass is 16.1. The summed E-state index contributed by atoms with van der Waals surface area (Å²) in [6.45, 7) is 2.90. The van der Waals surface area contributed by atoms with Crippen LogP contribution in [0.15, 0.2) is 84.9 Å². The Balaban J connectivity index is 1.37. The van der Waals surface area contributed by atoms with E-state index in [1.807, 2.05) is 42.5 Å². The third-order valence-corrected chi connectivity index (χ3v) is 5.48. The lowest BCUT2D eigenvalue weighted by Gasteiger charge is -2.31. The van der Waals surface area contributed by atoms with Crippen LogP contribution >= 0.6 is 0 Å². The predicted molar refractivity (Wildman–Crippen MR) is 115 cm³/mol. The number of carbonyl (C=O) groups is 1. The summed E-state index contributed by atoms with van der Waals surface area (Å²) in [6, 6.07) is 28.8. The van der Waals surface area contributed by atoms with Crippen LogP contribution in [0.25, 0.3) is 11.1 Å². The Labute approximate surface area is 167 Å². The fourth-order valence-corrected chi connectivity index (χ4v) is 3.89. The molecule has 0 aromatic heterocycles. The molecule has 28 heavy (non-hydrogen) atoms. The molecule has 1 aliphatic heterocycles. The van der Waals surface area contributed by atoms with E-state index in [-0.39, 0.29) is 11.8 Å². The van der Waals surface area contributed by atoms with E-state index in [0.717, 1.165) is 49.3 Å². The van der Waals surface area contributed by atoms with E-state index < -0.39 is 0 Å². The number of carbonyl (C=O) groups excluding carboxylic acids is 1. The summed E-state index contributed by atoms with van der Waals surface area (Å²) in [7, 11) is 0. The molecule has 1 fully saturated rings. The summed E-state index contributed by atoms with van der Waals surface area (Å²) < 4.78 is 0. The largest absolute Gasteiger partial charge is 0.325 e. The lowest BCUT2D eigenvalue weighted by Crippen LogP contribution is -2.37. The number of amides is 1. The number of benzene rings is 3. The third-order valence-electron chi connectivity index (χ3n) is 5.48. The van der Waals surface area contributed by atoms with E-state index in [0.29, 0.717) is 0 Å². The number of rotatable bonds is 5. The van der Waals surface area contributed by atoms with Crippen molar-refractivity contribution in [3.05, 3.63) is 90.5 Å². The number of hydrogen-bond donors (Lipinski definition) is 1. The lowest BCUT2D eigenvalue weighted by molar-refractivity contribution is -0.121. The molecule has 3 aromatic carbocycles. The first-order valence-electron chi connectivity index (χ1n) is 10.0. The molecule has 3 aromatic rings. The van der Waals surface area contributed by atoms with Crippen molar-refractivity contribution < 1.29 is 4.79 Å². The summed E-state index contributed by atoms with van der Waals surface area (Å²) in [5.41, 5.74) is 4.42. The van der Waals surface area contributed by atoms with Crippen molar-refractivity contribution in [1.29, 1.82) is 0 Å². The summed E-state index contributed by atoms with van der Waals surface area (Å²) >= 11 is 0. The average Bonchev–Trinajstić information content (AvgIpc) is 2.76. The normalized spacial score (nSPS) is 15.3. The Bertz CT molecular complexity index is 900. The molecule has 1 saturated heterocycles. The van der Waals surface area contributed by atoms with Crippen LogP contribution in [0, 0.1) is 5.92 Å². The quantitative estimate of drug-likeness (QED) is 0.669. The first kappa shape index (κ1) is 18.5. The average molecular weight is 370 g/mol. The van der Waals surface area contributed by atoms with Crippen LogP contribution in [0.5, 0.6) is 0 Å². The molecule has 4 rings (SSSR count). The number of piperidine rings is 1. The van der Waals surface area contributed by atoms with Crippen LogP contribution in [0.3, 0.4) is 0 Å². The number of anilines is 1. The van der Waals surface area contributed by atoms with E-state index in [9.17, 15) is 4.79 Å². The van der Waals surface area contributed by atoms with Gasteiger partial charge in [0.05, 0.1) is 0 Å². The first-order valence-corrected chi connectivity index (χ1v) is 10.0. The molecule has 1 heterocycles. The fourth-order valence-electron chi connectivity index (χ4n) is 3.89. The van der Waals surface area contributed by atoms with Gasteiger partial charge >= 0.3 is 0 Å². The Hall–Kier alpha value is -2.91. The van der Waals surface area contributed by atoms with Crippen LogP contribution in [0.2, 0.25) is 0 Å². The van der Waals surface area contributed by atoms with Crippen LogP contribution in [0.1, 0.15) is 18.4 Å². The highest BCUT2D eigenvalue weighted by Crippen LogP contribution is 2.29. The maximum absolute atomic E-state index is 12.9. The third kappa shape index (κ3) is 4.49. The highest BCUT2D eigenvalue weighted by molar-refractivity contribution is 5.96. The van der Waals surface area contributed by atoms with Crippen LogP contribution < -0.4 is 5.32 Å². The van der Waals surface area contributed by atoms with Gasteiger partial charge in [0.1, 0.15) is 0 Å². The summed E-state index contributed by atoms with van der Waals surface area (Å²) in [4.78, 5) is 15.3. The SMILES string of the molecule is O=C(Nc1ccccc1-c1ccccc1)C1CCN(Cc2ccccc2)CC1. The predicted octanol–water partition coefficient (Wildman–Crippen LogP) is 5.20. The Morgan fingerprint density at radius 1 is 0.821 bits per heavy atom. The zero-order chi connectivity index (χ0) is 19.2. The first-order chi connectivity index (χ1) is 13.8. The number of para-hydroxylation sites is 1. The minimum atomic E-state index is 0.0795. The van der Waals surface area contributed by atoms with Gasteiger partial charge in [-0.3, -0.25) is 9.69 Å². The van der Waals surface area contributed by atoms with Gasteiger partial charge in [-0.15, -0.1) is 0 Å². The van der Waals surface area contributed by atoms with Gasteiger partial charge in [0, 0.05) is 23.7 Å². The van der Waals surface area contributed by atoms with Gasteiger partial charge in [0.25, 0.3) is 0 Å². The van der Waals surface area contributed by atoms with Crippen molar-refractivity contribution in [2.75, 3.05) is 18.4 Å². The molecule has 0 spiro atoms. The van der Waals surface area contributed by atoms with Crippen LogP contribution in [-0.4, -0.2) is 23.9 Å². The summed E-state index contributed by atoms with van der Waals surface area (Å²) in [5.74, 6) is 0.221. The summed E-state index contributed by atoms with van der Waals surface area (Å²) in [6.07, 6.45) is 1.82. The van der Waals surface area contributed by atoms with Gasteiger partial charge in [-0.1, -0.05) is 78.9 Å². The second-order valence-electron chi connectivity index (χ2n) is 7.44. The molecule has 1 N–H and O–H groups in total. The minimum Gasteiger partial charge on any atom is -0.325 e. The molecule has 0 saturated carbocycles. The van der Waals surface area contributed by atoms with E-state index in [4.69, 9.17) is 0 Å². The minimum absolute atomic E-state index is 0.0795. The zero-order valence-corrected chi connectivity index (χ0v) is 16.1. The van der Waals surface area contributed by atoms with E-state index in [1.165, 1.54) is 5.56 Å². The van der Waals surface area contributed by atoms with Gasteiger partial charge in [0.2, 0.25) is 5.91 Å². The molecule has 0 atom stereocenters. The van der Waals surface area contributed by atoms with Gasteiger partial charge in [-0.2, -0.15) is 0 Å². The monoisotopic (exact) mass is 370 g/mol. The maximum atomic E-state index is 12.9. The Kier molecular flexibility index (Phi) is 5.83. The number of likely N-dealkylation sites (tertiary alicyclic amines) is 1. The van der Waals surface area contributed by atoms with Gasteiger partial charge < -0.3 is 5.32 Å². The molecule has 0 aliphatic carbocycles. The zero-order valence-electron chi connectivity index (χ0n) is 16.1. The second kappa shape index (κ2) is 8.85. The molecular weight excluding hydrogens is 344 g/mol. The van der Waals surface area contributed by atoms with Crippen molar-refractivity contribution in [2.24, 2.45) is 5.92 Å². The topological polar surface area (TPSA) is 32.3 Å². The highest BCUT2D eigenvalue weighted by Gasteiger charge is 2.25. The standard InChI is InChI=1S/C25H26N2O/c28-25(22-15-17-27(18-16-22)19-20-9-3-1-4-10-20)26-24-14-8-7-13-23(24)21-11-5-2-6-12-21/h1-14,22H,15-19H2,(H,26,28). The van der Waals surface area contributed by atoms with E-state index in [1.54, 1.807) is 0 Å². The van der Waals surface area contributed by atoms with Gasteiger partial charge in [-0.25, -0.2) is 0 Å². The van der Waals surface area contributed by atoms with E-state index in [2.05, 4.69) is 52.7 Å². The molecule has 0 bridgehead atoms. The second-order valence-corrected chi connectivity index (χ2v) is 7.44. The van der Waals surface area contributed by atoms with Crippen molar-refractivity contribution in [2.45, 2.75) is 19.4 Å². The van der Waals surface area contributed by atoms with Crippen molar-refractivity contribution in [3.8, 4) is 11.1 Å².